The second kappa shape index (κ2) is 13.4. The summed E-state index contributed by atoms with van der Waals surface area (Å²) in [6, 6.07) is 14.8. The molecule has 1 N–H and O–H groups in total. The maximum absolute atomic E-state index is 13.3. The molecule has 2 amide bonds. The fraction of sp³-hybridized carbons (Fsp3) is 0.500. The lowest BCUT2D eigenvalue weighted by Gasteiger charge is -2.30. The molecule has 0 fully saturated rings. The van der Waals surface area contributed by atoms with Gasteiger partial charge < -0.3 is 10.2 Å². The van der Waals surface area contributed by atoms with Crippen LogP contribution in [0.25, 0.3) is 0 Å². The fourth-order valence-corrected chi connectivity index (χ4v) is 4.88. The molecule has 0 spiro atoms. The standard InChI is InChI=1S/C28H41N3O4S/c1-7-23(4)29-28(33)24(5)30(19-17-25-12-9-8-10-13-25)27(32)14-11-18-31(36(6,34)35)26-16-15-21(2)22(3)20-26/h8-10,12-13,15-16,20,23-24H,7,11,14,17-19H2,1-6H3,(H,29,33)/t23-,24-/m1/s1. The first kappa shape index (κ1) is 29.4. The first-order valence-electron chi connectivity index (χ1n) is 12.6. The van der Waals surface area contributed by atoms with Gasteiger partial charge in [0.15, 0.2) is 0 Å². The minimum atomic E-state index is -3.51. The molecule has 0 bridgehead atoms. The van der Waals surface area contributed by atoms with Crippen LogP contribution in [0.3, 0.4) is 0 Å². The van der Waals surface area contributed by atoms with Gasteiger partial charge in [0.25, 0.3) is 0 Å². The zero-order valence-electron chi connectivity index (χ0n) is 22.5. The minimum absolute atomic E-state index is 0.0207. The van der Waals surface area contributed by atoms with E-state index in [9.17, 15) is 18.0 Å². The summed E-state index contributed by atoms with van der Waals surface area (Å²) in [7, 11) is -3.51. The van der Waals surface area contributed by atoms with E-state index in [1.54, 1.807) is 17.9 Å². The van der Waals surface area contributed by atoms with Gasteiger partial charge in [0.05, 0.1) is 11.9 Å². The van der Waals surface area contributed by atoms with E-state index in [0.717, 1.165) is 23.1 Å². The molecule has 36 heavy (non-hydrogen) atoms. The Morgan fingerprint density at radius 1 is 0.972 bits per heavy atom. The van der Waals surface area contributed by atoms with Gasteiger partial charge in [0, 0.05) is 25.6 Å². The Morgan fingerprint density at radius 3 is 2.22 bits per heavy atom. The molecular weight excluding hydrogens is 474 g/mol. The number of anilines is 1. The number of nitrogens with zero attached hydrogens (tertiary/aromatic N) is 2. The third-order valence-corrected chi connectivity index (χ3v) is 7.78. The number of nitrogens with one attached hydrogen (secondary N) is 1. The highest BCUT2D eigenvalue weighted by atomic mass is 32.2. The summed E-state index contributed by atoms with van der Waals surface area (Å²) in [6.07, 6.45) is 3.10. The first-order chi connectivity index (χ1) is 16.9. The topological polar surface area (TPSA) is 86.8 Å². The number of rotatable bonds is 13. The van der Waals surface area contributed by atoms with Gasteiger partial charge >= 0.3 is 0 Å². The van der Waals surface area contributed by atoms with Crippen molar-refractivity contribution in [2.24, 2.45) is 0 Å². The van der Waals surface area contributed by atoms with E-state index < -0.39 is 16.1 Å². The zero-order chi connectivity index (χ0) is 26.9. The SMILES string of the molecule is CC[C@@H](C)NC(=O)[C@@H](C)N(CCc1ccccc1)C(=O)CCCN(c1ccc(C)c(C)c1)S(C)(=O)=O. The second-order valence-corrected chi connectivity index (χ2v) is 11.4. The second-order valence-electron chi connectivity index (χ2n) is 9.52. The van der Waals surface area contributed by atoms with Gasteiger partial charge in [0.2, 0.25) is 21.8 Å². The van der Waals surface area contributed by atoms with Crippen molar-refractivity contribution in [3.8, 4) is 0 Å². The molecular formula is C28H41N3O4S. The van der Waals surface area contributed by atoms with Gasteiger partial charge in [-0.3, -0.25) is 13.9 Å². The Balaban J connectivity index is 2.13. The summed E-state index contributed by atoms with van der Waals surface area (Å²) >= 11 is 0. The highest BCUT2D eigenvalue weighted by molar-refractivity contribution is 7.92. The molecule has 0 aliphatic heterocycles. The molecule has 0 unspecified atom stereocenters. The van der Waals surface area contributed by atoms with Crippen LogP contribution in [0.4, 0.5) is 5.69 Å². The maximum Gasteiger partial charge on any atom is 0.242 e. The number of hydrogen-bond donors (Lipinski definition) is 1. The van der Waals surface area contributed by atoms with Crippen molar-refractivity contribution in [1.29, 1.82) is 0 Å². The molecule has 2 aromatic carbocycles. The fourth-order valence-electron chi connectivity index (χ4n) is 3.92. The van der Waals surface area contributed by atoms with Crippen molar-refractivity contribution >= 4 is 27.5 Å². The zero-order valence-corrected chi connectivity index (χ0v) is 23.3. The highest BCUT2D eigenvalue weighted by Gasteiger charge is 2.27. The normalized spacial score (nSPS) is 13.1. The Morgan fingerprint density at radius 2 is 1.64 bits per heavy atom. The number of hydrogen-bond acceptors (Lipinski definition) is 4. The Labute approximate surface area is 216 Å². The van der Waals surface area contributed by atoms with Gasteiger partial charge in [-0.05, 0) is 75.8 Å². The lowest BCUT2D eigenvalue weighted by molar-refractivity contribution is -0.140. The number of carbonyl (C=O) groups excluding carboxylic acids is 2. The maximum atomic E-state index is 13.3. The predicted octanol–water partition coefficient (Wildman–Crippen LogP) is 4.22. The summed E-state index contributed by atoms with van der Waals surface area (Å²) in [5.41, 5.74) is 3.77. The van der Waals surface area contributed by atoms with E-state index >= 15 is 0 Å². The smallest absolute Gasteiger partial charge is 0.242 e. The summed E-state index contributed by atoms with van der Waals surface area (Å²) in [4.78, 5) is 27.8. The molecule has 2 atom stereocenters. The van der Waals surface area contributed by atoms with Crippen molar-refractivity contribution in [2.45, 2.75) is 72.4 Å². The van der Waals surface area contributed by atoms with E-state index in [0.29, 0.717) is 25.1 Å². The lowest BCUT2D eigenvalue weighted by Crippen LogP contribution is -2.50. The number of sulfonamides is 1. The quantitative estimate of drug-likeness (QED) is 0.433. The molecule has 2 rings (SSSR count). The lowest BCUT2D eigenvalue weighted by atomic mass is 10.1. The van der Waals surface area contributed by atoms with Gasteiger partial charge in [-0.15, -0.1) is 0 Å². The van der Waals surface area contributed by atoms with Crippen LogP contribution in [0.1, 0.15) is 56.7 Å². The van der Waals surface area contributed by atoms with E-state index in [2.05, 4.69) is 5.32 Å². The summed E-state index contributed by atoms with van der Waals surface area (Å²) in [5, 5.41) is 2.97. The molecule has 0 saturated heterocycles. The predicted molar refractivity (Wildman–Crippen MR) is 147 cm³/mol. The van der Waals surface area contributed by atoms with Crippen molar-refractivity contribution in [3.63, 3.8) is 0 Å². The van der Waals surface area contributed by atoms with Crippen LogP contribution in [-0.2, 0) is 26.0 Å². The molecule has 0 heterocycles. The molecule has 8 heteroatoms. The largest absolute Gasteiger partial charge is 0.352 e. The first-order valence-corrected chi connectivity index (χ1v) is 14.5. The number of aryl methyl sites for hydroxylation is 2. The molecule has 7 nitrogen and oxygen atoms in total. The van der Waals surface area contributed by atoms with Crippen molar-refractivity contribution < 1.29 is 18.0 Å². The average molecular weight is 516 g/mol. The Bertz CT molecular complexity index is 1120. The third kappa shape index (κ3) is 8.66. The monoisotopic (exact) mass is 515 g/mol. The molecule has 0 aliphatic carbocycles. The number of benzene rings is 2. The average Bonchev–Trinajstić information content (AvgIpc) is 2.83. The highest BCUT2D eigenvalue weighted by Crippen LogP contribution is 2.22. The van der Waals surface area contributed by atoms with E-state index in [-0.39, 0.29) is 30.8 Å². The molecule has 2 aromatic rings. The van der Waals surface area contributed by atoms with Gasteiger partial charge in [-0.1, -0.05) is 43.3 Å². The molecule has 198 valence electrons. The Kier molecular flexibility index (Phi) is 11.0. The van der Waals surface area contributed by atoms with Crippen LogP contribution in [0, 0.1) is 13.8 Å². The van der Waals surface area contributed by atoms with E-state index in [1.807, 2.05) is 70.2 Å². The number of amides is 2. The third-order valence-electron chi connectivity index (χ3n) is 6.58. The van der Waals surface area contributed by atoms with Crippen LogP contribution in [-0.4, -0.2) is 56.6 Å². The van der Waals surface area contributed by atoms with Gasteiger partial charge in [-0.25, -0.2) is 8.42 Å². The van der Waals surface area contributed by atoms with Crippen LogP contribution in [0.15, 0.2) is 48.5 Å². The molecule has 0 saturated carbocycles. The minimum Gasteiger partial charge on any atom is -0.352 e. The van der Waals surface area contributed by atoms with Crippen LogP contribution in [0.2, 0.25) is 0 Å². The molecule has 0 radical (unpaired) electrons. The van der Waals surface area contributed by atoms with Crippen molar-refractivity contribution in [2.75, 3.05) is 23.7 Å². The van der Waals surface area contributed by atoms with Crippen LogP contribution in [0.5, 0.6) is 0 Å². The van der Waals surface area contributed by atoms with Crippen LogP contribution < -0.4 is 9.62 Å². The summed E-state index contributed by atoms with van der Waals surface area (Å²) in [6.45, 7) is 10.2. The van der Waals surface area contributed by atoms with Crippen molar-refractivity contribution in [1.82, 2.24) is 10.2 Å². The van der Waals surface area contributed by atoms with E-state index in [1.165, 1.54) is 10.6 Å². The van der Waals surface area contributed by atoms with Crippen LogP contribution >= 0.6 is 0 Å². The van der Waals surface area contributed by atoms with Gasteiger partial charge in [0.1, 0.15) is 6.04 Å². The van der Waals surface area contributed by atoms with Gasteiger partial charge in [-0.2, -0.15) is 0 Å². The number of carbonyl (C=O) groups is 2. The summed E-state index contributed by atoms with van der Waals surface area (Å²) in [5.74, 6) is -0.343. The summed E-state index contributed by atoms with van der Waals surface area (Å²) < 4.78 is 26.4. The van der Waals surface area contributed by atoms with Crippen molar-refractivity contribution in [3.05, 3.63) is 65.2 Å². The Hall–Kier alpha value is -2.87. The van der Waals surface area contributed by atoms with E-state index in [4.69, 9.17) is 0 Å². The molecule has 0 aromatic heterocycles. The molecule has 0 aliphatic rings.